The monoisotopic (exact) mass is 222 g/mol. The maximum absolute atomic E-state index is 13.9. The summed E-state index contributed by atoms with van der Waals surface area (Å²) < 4.78 is 13.9. The molecule has 0 heterocycles. The third kappa shape index (κ3) is 2.05. The van der Waals surface area contributed by atoms with Crippen LogP contribution in [0, 0.1) is 5.82 Å². The Balaban J connectivity index is 2.21. The van der Waals surface area contributed by atoms with Gasteiger partial charge < -0.3 is 10.6 Å². The van der Waals surface area contributed by atoms with Crippen LogP contribution >= 0.6 is 0 Å². The number of hydrogen-bond acceptors (Lipinski definition) is 2. The summed E-state index contributed by atoms with van der Waals surface area (Å²) in [5.74, 6) is -0.163. The highest BCUT2D eigenvalue weighted by atomic mass is 19.1. The molecular formula is C13H19FN2. The van der Waals surface area contributed by atoms with Crippen molar-refractivity contribution in [2.45, 2.75) is 38.3 Å². The Labute approximate surface area is 96.2 Å². The van der Waals surface area contributed by atoms with Crippen molar-refractivity contribution in [2.24, 2.45) is 5.73 Å². The zero-order valence-electron chi connectivity index (χ0n) is 9.91. The second kappa shape index (κ2) is 4.42. The molecule has 2 nitrogen and oxygen atoms in total. The average molecular weight is 222 g/mol. The first-order chi connectivity index (χ1) is 7.59. The summed E-state index contributed by atoms with van der Waals surface area (Å²) in [6.07, 6.45) is 3.60. The number of rotatable bonds is 3. The van der Waals surface area contributed by atoms with Crippen molar-refractivity contribution < 1.29 is 4.39 Å². The minimum Gasteiger partial charge on any atom is -0.369 e. The molecule has 3 heteroatoms. The molecule has 2 N–H and O–H groups in total. The van der Waals surface area contributed by atoms with E-state index < -0.39 is 0 Å². The van der Waals surface area contributed by atoms with E-state index in [9.17, 15) is 4.39 Å². The lowest BCUT2D eigenvalue weighted by Crippen LogP contribution is -2.37. The maximum Gasteiger partial charge on any atom is 0.146 e. The van der Waals surface area contributed by atoms with Gasteiger partial charge in [0.25, 0.3) is 0 Å². The van der Waals surface area contributed by atoms with Crippen molar-refractivity contribution in [2.75, 3.05) is 11.9 Å². The van der Waals surface area contributed by atoms with Crippen molar-refractivity contribution >= 4 is 5.69 Å². The van der Waals surface area contributed by atoms with E-state index in [1.165, 1.54) is 19.3 Å². The second-order valence-corrected chi connectivity index (χ2v) is 4.70. The summed E-state index contributed by atoms with van der Waals surface area (Å²) in [5.41, 5.74) is 7.26. The lowest BCUT2D eigenvalue weighted by atomic mass is 9.91. The SMILES string of the molecule is C[C@H](N)c1ccc(N(C)C2CCC2)c(F)c1. The number of hydrogen-bond donors (Lipinski definition) is 1. The van der Waals surface area contributed by atoms with Crippen LogP contribution in [0.25, 0.3) is 0 Å². The van der Waals surface area contributed by atoms with Crippen LogP contribution in [0.3, 0.4) is 0 Å². The molecule has 1 aromatic carbocycles. The smallest absolute Gasteiger partial charge is 0.146 e. The van der Waals surface area contributed by atoms with E-state index in [-0.39, 0.29) is 11.9 Å². The fourth-order valence-corrected chi connectivity index (χ4v) is 2.06. The largest absolute Gasteiger partial charge is 0.369 e. The van der Waals surface area contributed by atoms with Crippen LogP contribution < -0.4 is 10.6 Å². The van der Waals surface area contributed by atoms with Crippen LogP contribution in [-0.4, -0.2) is 13.1 Å². The van der Waals surface area contributed by atoms with E-state index >= 15 is 0 Å². The Morgan fingerprint density at radius 1 is 1.44 bits per heavy atom. The predicted molar refractivity (Wildman–Crippen MR) is 65.0 cm³/mol. The van der Waals surface area contributed by atoms with E-state index in [0.717, 1.165) is 5.56 Å². The molecule has 2 rings (SSSR count). The molecule has 1 fully saturated rings. The van der Waals surface area contributed by atoms with Crippen LogP contribution in [0.4, 0.5) is 10.1 Å². The normalized spacial score (nSPS) is 18.0. The van der Waals surface area contributed by atoms with Gasteiger partial charge in [-0.05, 0) is 43.9 Å². The van der Waals surface area contributed by atoms with E-state index in [2.05, 4.69) is 0 Å². The molecule has 0 aliphatic heterocycles. The Hall–Kier alpha value is -1.09. The van der Waals surface area contributed by atoms with Gasteiger partial charge in [-0.25, -0.2) is 4.39 Å². The van der Waals surface area contributed by atoms with Gasteiger partial charge in [0, 0.05) is 19.1 Å². The molecule has 1 aromatic rings. The van der Waals surface area contributed by atoms with Gasteiger partial charge in [0.05, 0.1) is 5.69 Å². The molecule has 0 spiro atoms. The van der Waals surface area contributed by atoms with E-state index in [0.29, 0.717) is 11.7 Å². The maximum atomic E-state index is 13.9. The summed E-state index contributed by atoms with van der Waals surface area (Å²) in [6, 6.07) is 5.70. The first kappa shape index (κ1) is 11.4. The highest BCUT2D eigenvalue weighted by Crippen LogP contribution is 2.30. The zero-order chi connectivity index (χ0) is 11.7. The molecule has 0 aromatic heterocycles. The van der Waals surface area contributed by atoms with Crippen LogP contribution in [0.1, 0.15) is 37.8 Å². The topological polar surface area (TPSA) is 29.3 Å². The van der Waals surface area contributed by atoms with Crippen LogP contribution in [0.2, 0.25) is 0 Å². The van der Waals surface area contributed by atoms with Gasteiger partial charge in [0.15, 0.2) is 0 Å². The van der Waals surface area contributed by atoms with Gasteiger partial charge in [-0.2, -0.15) is 0 Å². The van der Waals surface area contributed by atoms with Crippen molar-refractivity contribution in [1.29, 1.82) is 0 Å². The highest BCUT2D eigenvalue weighted by Gasteiger charge is 2.24. The minimum absolute atomic E-state index is 0.113. The quantitative estimate of drug-likeness (QED) is 0.852. The zero-order valence-corrected chi connectivity index (χ0v) is 9.91. The molecule has 1 aliphatic carbocycles. The van der Waals surface area contributed by atoms with Gasteiger partial charge in [-0.3, -0.25) is 0 Å². The lowest BCUT2D eigenvalue weighted by Gasteiger charge is -2.36. The Morgan fingerprint density at radius 3 is 2.56 bits per heavy atom. The van der Waals surface area contributed by atoms with Gasteiger partial charge in [0.1, 0.15) is 5.82 Å². The minimum atomic E-state index is -0.163. The first-order valence-electron chi connectivity index (χ1n) is 5.87. The fraction of sp³-hybridized carbons (Fsp3) is 0.538. The molecule has 1 aliphatic rings. The van der Waals surface area contributed by atoms with Crippen LogP contribution in [-0.2, 0) is 0 Å². The standard InChI is InChI=1S/C13H19FN2/c1-9(15)10-6-7-13(12(14)8-10)16(2)11-4-3-5-11/h6-9,11H,3-5,15H2,1-2H3/t9-/m0/s1. The molecule has 1 atom stereocenters. The molecule has 0 unspecified atom stereocenters. The highest BCUT2D eigenvalue weighted by molar-refractivity contribution is 5.50. The van der Waals surface area contributed by atoms with Gasteiger partial charge >= 0.3 is 0 Å². The number of nitrogens with two attached hydrogens (primary N) is 1. The summed E-state index contributed by atoms with van der Waals surface area (Å²) in [4.78, 5) is 2.05. The van der Waals surface area contributed by atoms with Gasteiger partial charge in [0.2, 0.25) is 0 Å². The Bertz CT molecular complexity index is 372. The Kier molecular flexibility index (Phi) is 3.15. The summed E-state index contributed by atoms with van der Waals surface area (Å²) in [6.45, 7) is 1.87. The summed E-state index contributed by atoms with van der Waals surface area (Å²) in [7, 11) is 1.97. The number of anilines is 1. The third-order valence-corrected chi connectivity index (χ3v) is 3.50. The molecular weight excluding hydrogens is 203 g/mol. The lowest BCUT2D eigenvalue weighted by molar-refractivity contribution is 0.398. The van der Waals surface area contributed by atoms with Crippen molar-refractivity contribution in [3.8, 4) is 0 Å². The van der Waals surface area contributed by atoms with Crippen molar-refractivity contribution in [3.63, 3.8) is 0 Å². The second-order valence-electron chi connectivity index (χ2n) is 4.70. The first-order valence-corrected chi connectivity index (χ1v) is 5.87. The van der Waals surface area contributed by atoms with Crippen molar-refractivity contribution in [1.82, 2.24) is 0 Å². The van der Waals surface area contributed by atoms with Gasteiger partial charge in [-0.1, -0.05) is 6.07 Å². The molecule has 0 radical (unpaired) electrons. The molecule has 0 saturated heterocycles. The van der Waals surface area contributed by atoms with E-state index in [1.807, 2.05) is 31.0 Å². The number of nitrogens with zero attached hydrogens (tertiary/aromatic N) is 1. The number of benzene rings is 1. The predicted octanol–water partition coefficient (Wildman–Crippen LogP) is 2.83. The molecule has 88 valence electrons. The summed E-state index contributed by atoms with van der Waals surface area (Å²) >= 11 is 0. The van der Waals surface area contributed by atoms with Crippen molar-refractivity contribution in [3.05, 3.63) is 29.6 Å². The number of halogens is 1. The van der Waals surface area contributed by atoms with Crippen LogP contribution in [0.5, 0.6) is 0 Å². The molecule has 0 amide bonds. The van der Waals surface area contributed by atoms with E-state index in [4.69, 9.17) is 5.73 Å². The fourth-order valence-electron chi connectivity index (χ4n) is 2.06. The average Bonchev–Trinajstić information content (AvgIpc) is 2.14. The van der Waals surface area contributed by atoms with E-state index in [1.54, 1.807) is 6.07 Å². The molecule has 1 saturated carbocycles. The third-order valence-electron chi connectivity index (χ3n) is 3.50. The van der Waals surface area contributed by atoms with Gasteiger partial charge in [-0.15, -0.1) is 0 Å². The summed E-state index contributed by atoms with van der Waals surface area (Å²) in [5, 5.41) is 0. The Morgan fingerprint density at radius 2 is 2.12 bits per heavy atom. The van der Waals surface area contributed by atoms with Crippen LogP contribution in [0.15, 0.2) is 18.2 Å². The molecule has 0 bridgehead atoms. The molecule has 16 heavy (non-hydrogen) atoms.